The highest BCUT2D eigenvalue weighted by Gasteiger charge is 2.27. The highest BCUT2D eigenvalue weighted by Crippen LogP contribution is 2.29. The average molecular weight is 411 g/mol. The monoisotopic (exact) mass is 410 g/mol. The van der Waals surface area contributed by atoms with Gasteiger partial charge in [-0.05, 0) is 42.7 Å². The minimum absolute atomic E-state index is 0.0292. The molecule has 4 nitrogen and oxygen atoms in total. The molecule has 0 spiro atoms. The molecule has 0 bridgehead atoms. The lowest BCUT2D eigenvalue weighted by atomic mass is 9.98. The number of hydrogen-bond acceptors (Lipinski definition) is 3. The number of likely N-dealkylation sites (tertiary alicyclic amines) is 1. The van der Waals surface area contributed by atoms with Crippen molar-refractivity contribution in [3.8, 4) is 0 Å². The molecule has 1 aliphatic rings. The first kappa shape index (κ1) is 17.0. The molecule has 1 amide bonds. The molecule has 0 radical (unpaired) electrons. The molecule has 5 heteroatoms. The number of amides is 1. The molecule has 0 unspecified atom stereocenters. The van der Waals surface area contributed by atoms with Crippen LogP contribution in [0, 0.1) is 0 Å². The van der Waals surface area contributed by atoms with Crippen LogP contribution >= 0.6 is 15.9 Å². The zero-order valence-corrected chi connectivity index (χ0v) is 15.9. The number of nitrogens with zero attached hydrogens (tertiary/aromatic N) is 2. The number of para-hydroxylation sites is 2. The molecular formula is C21H19BrN2O2. The lowest BCUT2D eigenvalue weighted by Gasteiger charge is -2.30. The van der Waals surface area contributed by atoms with Crippen LogP contribution in [0.3, 0.4) is 0 Å². The molecule has 2 heterocycles. The predicted molar refractivity (Wildman–Crippen MR) is 106 cm³/mol. The highest BCUT2D eigenvalue weighted by molar-refractivity contribution is 9.10. The number of carbonyl (C=O) groups is 1. The van der Waals surface area contributed by atoms with E-state index in [0.29, 0.717) is 6.54 Å². The molecule has 0 N–H and O–H groups in total. The number of rotatable bonds is 3. The van der Waals surface area contributed by atoms with Crippen LogP contribution in [0.1, 0.15) is 30.2 Å². The molecule has 1 atom stereocenters. The maximum atomic E-state index is 12.6. The maximum Gasteiger partial charge on any atom is 0.246 e. The Kier molecular flexibility index (Phi) is 4.89. The second-order valence-electron chi connectivity index (χ2n) is 6.50. The van der Waals surface area contributed by atoms with Crippen molar-refractivity contribution in [1.29, 1.82) is 0 Å². The van der Waals surface area contributed by atoms with E-state index >= 15 is 0 Å². The number of piperidine rings is 1. The summed E-state index contributed by atoms with van der Waals surface area (Å²) in [5.74, 6) is 0.914. The van der Waals surface area contributed by atoms with Gasteiger partial charge in [-0.1, -0.05) is 46.3 Å². The number of halogens is 1. The Bertz CT molecular complexity index is 930. The Morgan fingerprint density at radius 2 is 2.00 bits per heavy atom. The van der Waals surface area contributed by atoms with Crippen LogP contribution in [0.15, 0.2) is 63.5 Å². The third-order valence-electron chi connectivity index (χ3n) is 4.70. The van der Waals surface area contributed by atoms with Crippen LogP contribution < -0.4 is 0 Å². The van der Waals surface area contributed by atoms with Crippen molar-refractivity contribution in [1.82, 2.24) is 9.88 Å². The molecule has 2 aromatic carbocycles. The van der Waals surface area contributed by atoms with Gasteiger partial charge in [-0.3, -0.25) is 4.79 Å². The zero-order chi connectivity index (χ0) is 17.9. The quantitative estimate of drug-likeness (QED) is 0.570. The van der Waals surface area contributed by atoms with Gasteiger partial charge in [0.05, 0.1) is 5.92 Å². The Balaban J connectivity index is 1.47. The fourth-order valence-corrected chi connectivity index (χ4v) is 3.74. The summed E-state index contributed by atoms with van der Waals surface area (Å²) in [5.41, 5.74) is 2.67. The summed E-state index contributed by atoms with van der Waals surface area (Å²) in [5, 5.41) is 0. The Labute approximate surface area is 160 Å². The minimum atomic E-state index is 0.0292. The molecule has 26 heavy (non-hydrogen) atoms. The Morgan fingerprint density at radius 1 is 1.19 bits per heavy atom. The minimum Gasteiger partial charge on any atom is -0.440 e. The largest absolute Gasteiger partial charge is 0.440 e. The molecule has 1 aliphatic heterocycles. The predicted octanol–water partition coefficient (Wildman–Crippen LogP) is 5.01. The van der Waals surface area contributed by atoms with E-state index in [1.54, 1.807) is 6.08 Å². The normalized spacial score (nSPS) is 17.9. The fourth-order valence-electron chi connectivity index (χ4n) is 3.32. The van der Waals surface area contributed by atoms with Gasteiger partial charge < -0.3 is 9.32 Å². The van der Waals surface area contributed by atoms with Gasteiger partial charge in [0.1, 0.15) is 5.52 Å². The number of oxazole rings is 1. The molecule has 3 aromatic rings. The third kappa shape index (κ3) is 3.58. The van der Waals surface area contributed by atoms with Gasteiger partial charge in [0, 0.05) is 23.6 Å². The highest BCUT2D eigenvalue weighted by atomic mass is 79.9. The summed E-state index contributed by atoms with van der Waals surface area (Å²) < 4.78 is 6.89. The number of fused-ring (bicyclic) bond motifs is 1. The smallest absolute Gasteiger partial charge is 0.246 e. The maximum absolute atomic E-state index is 12.6. The standard InChI is InChI=1S/C21H19BrN2O2/c22-17-8-2-1-6-15(17)11-12-20(25)24-13-5-7-16(14-24)21-23-18-9-3-4-10-19(18)26-21/h1-4,6,8-12,16H,5,7,13-14H2/b12-11+/t16-/m0/s1. The second-order valence-corrected chi connectivity index (χ2v) is 7.35. The first-order chi connectivity index (χ1) is 12.7. The summed E-state index contributed by atoms with van der Waals surface area (Å²) in [7, 11) is 0. The number of benzene rings is 2. The average Bonchev–Trinajstić information content (AvgIpc) is 3.11. The molecule has 0 aliphatic carbocycles. The summed E-state index contributed by atoms with van der Waals surface area (Å²) in [4.78, 5) is 19.1. The number of hydrogen-bond donors (Lipinski definition) is 0. The van der Waals surface area contributed by atoms with E-state index in [-0.39, 0.29) is 11.8 Å². The van der Waals surface area contributed by atoms with Crippen molar-refractivity contribution >= 4 is 39.0 Å². The second kappa shape index (κ2) is 7.46. The van der Waals surface area contributed by atoms with E-state index in [4.69, 9.17) is 4.42 Å². The molecule has 1 saturated heterocycles. The van der Waals surface area contributed by atoms with Crippen molar-refractivity contribution < 1.29 is 9.21 Å². The van der Waals surface area contributed by atoms with Gasteiger partial charge in [-0.15, -0.1) is 0 Å². The van der Waals surface area contributed by atoms with Crippen molar-refractivity contribution in [2.45, 2.75) is 18.8 Å². The Morgan fingerprint density at radius 3 is 2.85 bits per heavy atom. The topological polar surface area (TPSA) is 46.3 Å². The number of aromatic nitrogens is 1. The van der Waals surface area contributed by atoms with Crippen LogP contribution in [-0.4, -0.2) is 28.9 Å². The van der Waals surface area contributed by atoms with E-state index < -0.39 is 0 Å². The van der Waals surface area contributed by atoms with E-state index in [1.165, 1.54) is 0 Å². The van der Waals surface area contributed by atoms with Crippen molar-refractivity contribution in [2.75, 3.05) is 13.1 Å². The summed E-state index contributed by atoms with van der Waals surface area (Å²) in [6.07, 6.45) is 5.45. The van der Waals surface area contributed by atoms with E-state index in [1.807, 2.05) is 59.5 Å². The first-order valence-corrected chi connectivity index (χ1v) is 9.57. The third-order valence-corrected chi connectivity index (χ3v) is 5.43. The molecule has 0 saturated carbocycles. The van der Waals surface area contributed by atoms with Crippen molar-refractivity contribution in [3.63, 3.8) is 0 Å². The van der Waals surface area contributed by atoms with Crippen LogP contribution in [0.2, 0.25) is 0 Å². The van der Waals surface area contributed by atoms with Gasteiger partial charge in [0.15, 0.2) is 11.5 Å². The van der Waals surface area contributed by atoms with Crippen molar-refractivity contribution in [3.05, 3.63) is 70.5 Å². The van der Waals surface area contributed by atoms with Crippen LogP contribution in [0.25, 0.3) is 17.2 Å². The van der Waals surface area contributed by atoms with Gasteiger partial charge in [0.25, 0.3) is 0 Å². The molecule has 1 fully saturated rings. The lowest BCUT2D eigenvalue weighted by molar-refractivity contribution is -0.127. The molecule has 132 valence electrons. The summed E-state index contributed by atoms with van der Waals surface area (Å²) >= 11 is 3.50. The van der Waals surface area contributed by atoms with Crippen LogP contribution in [0.5, 0.6) is 0 Å². The van der Waals surface area contributed by atoms with Gasteiger partial charge >= 0.3 is 0 Å². The van der Waals surface area contributed by atoms with Gasteiger partial charge in [-0.2, -0.15) is 0 Å². The molecule has 1 aromatic heterocycles. The van der Waals surface area contributed by atoms with Crippen molar-refractivity contribution in [2.24, 2.45) is 0 Å². The zero-order valence-electron chi connectivity index (χ0n) is 14.3. The number of carbonyl (C=O) groups excluding carboxylic acids is 1. The lowest BCUT2D eigenvalue weighted by Crippen LogP contribution is -2.38. The van der Waals surface area contributed by atoms with E-state index in [9.17, 15) is 4.79 Å². The van der Waals surface area contributed by atoms with Gasteiger partial charge in [0.2, 0.25) is 5.91 Å². The molecule has 4 rings (SSSR count). The van der Waals surface area contributed by atoms with Crippen LogP contribution in [0.4, 0.5) is 0 Å². The SMILES string of the molecule is O=C(/C=C/c1ccccc1Br)N1CCC[C@H](c2nc3ccccc3o2)C1. The van der Waals surface area contributed by atoms with Crippen LogP contribution in [-0.2, 0) is 4.79 Å². The van der Waals surface area contributed by atoms with E-state index in [0.717, 1.165) is 46.4 Å². The first-order valence-electron chi connectivity index (χ1n) is 8.78. The summed E-state index contributed by atoms with van der Waals surface area (Å²) in [6, 6.07) is 15.6. The van der Waals surface area contributed by atoms with Gasteiger partial charge in [-0.25, -0.2) is 4.98 Å². The van der Waals surface area contributed by atoms with E-state index in [2.05, 4.69) is 20.9 Å². The molecular weight excluding hydrogens is 392 g/mol. The summed E-state index contributed by atoms with van der Waals surface area (Å²) in [6.45, 7) is 1.42. The Hall–Kier alpha value is -2.40. The fraction of sp³-hybridized carbons (Fsp3) is 0.238.